The van der Waals surface area contributed by atoms with Gasteiger partial charge in [-0.25, -0.2) is 0 Å². The topological polar surface area (TPSA) is 52.6 Å². The fourth-order valence-corrected chi connectivity index (χ4v) is 2.85. The summed E-state index contributed by atoms with van der Waals surface area (Å²) in [5.41, 5.74) is -1.18. The number of alkyl halides is 1. The number of hydrogen-bond acceptors (Lipinski definition) is 4. The number of unbranched alkanes of at least 4 members (excludes halogenated alkanes) is 3. The zero-order valence-corrected chi connectivity index (χ0v) is 18.9. The second kappa shape index (κ2) is 13.8. The lowest BCUT2D eigenvalue weighted by Gasteiger charge is -2.26. The highest BCUT2D eigenvalue weighted by atomic mass is 127. The molecule has 0 amide bonds. The van der Waals surface area contributed by atoms with Crippen molar-refractivity contribution in [3.8, 4) is 0 Å². The van der Waals surface area contributed by atoms with Gasteiger partial charge in [0.15, 0.2) is 5.41 Å². The maximum Gasteiger partial charge on any atom is 0.323 e. The third-order valence-electron chi connectivity index (χ3n) is 4.32. The zero-order chi connectivity index (χ0) is 19.3. The Kier molecular flexibility index (Phi) is 13.6. The maximum absolute atomic E-state index is 12.6. The predicted molar refractivity (Wildman–Crippen MR) is 111 cm³/mol. The molecule has 0 radical (unpaired) electrons. The van der Waals surface area contributed by atoms with Crippen LogP contribution in [0.25, 0.3) is 0 Å². The number of esters is 2. The summed E-state index contributed by atoms with van der Waals surface area (Å²) in [4.78, 5) is 25.2. The van der Waals surface area contributed by atoms with Gasteiger partial charge in [-0.05, 0) is 48.9 Å². The van der Waals surface area contributed by atoms with E-state index in [1.807, 2.05) is 0 Å². The quantitative estimate of drug-likeness (QED) is 0.110. The Hall–Kier alpha value is -0.330. The zero-order valence-electron chi connectivity index (χ0n) is 16.7. The van der Waals surface area contributed by atoms with Crippen molar-refractivity contribution in [2.45, 2.75) is 79.6 Å². The predicted octanol–water partition coefficient (Wildman–Crippen LogP) is 5.56. The van der Waals surface area contributed by atoms with Gasteiger partial charge in [0.25, 0.3) is 0 Å². The minimum atomic E-state index is -1.18. The van der Waals surface area contributed by atoms with E-state index in [-0.39, 0.29) is 0 Å². The first-order valence-corrected chi connectivity index (χ1v) is 11.2. The summed E-state index contributed by atoms with van der Waals surface area (Å²) in [6.45, 7) is 10.7. The van der Waals surface area contributed by atoms with E-state index in [2.05, 4.69) is 50.3 Å². The lowest BCUT2D eigenvalue weighted by Crippen LogP contribution is -2.40. The molecule has 0 heterocycles. The first-order valence-electron chi connectivity index (χ1n) is 9.64. The molecule has 0 N–H and O–H groups in total. The van der Waals surface area contributed by atoms with Crippen LogP contribution in [0.2, 0.25) is 0 Å². The summed E-state index contributed by atoms with van der Waals surface area (Å²) in [5.74, 6) is 0.0591. The first-order chi connectivity index (χ1) is 11.7. The Morgan fingerprint density at radius 1 is 0.840 bits per heavy atom. The molecule has 4 nitrogen and oxygen atoms in total. The van der Waals surface area contributed by atoms with Crippen LogP contribution in [0.15, 0.2) is 0 Å². The molecule has 0 spiro atoms. The Morgan fingerprint density at radius 3 is 1.68 bits per heavy atom. The molecule has 0 aromatic carbocycles. The smallest absolute Gasteiger partial charge is 0.323 e. The van der Waals surface area contributed by atoms with Crippen LogP contribution in [0.5, 0.6) is 0 Å². The van der Waals surface area contributed by atoms with Crippen molar-refractivity contribution in [3.63, 3.8) is 0 Å². The number of rotatable bonds is 14. The summed E-state index contributed by atoms with van der Waals surface area (Å²) < 4.78 is 11.9. The molecule has 0 bridgehead atoms. The third-order valence-corrected chi connectivity index (χ3v) is 5.08. The van der Waals surface area contributed by atoms with Gasteiger partial charge in [-0.1, -0.05) is 69.5 Å². The Bertz CT molecular complexity index is 354. The van der Waals surface area contributed by atoms with Crippen molar-refractivity contribution in [1.82, 2.24) is 0 Å². The van der Waals surface area contributed by atoms with Crippen LogP contribution in [-0.4, -0.2) is 29.6 Å². The molecule has 0 rings (SSSR count). The first kappa shape index (κ1) is 24.7. The highest BCUT2D eigenvalue weighted by Gasteiger charge is 2.43. The van der Waals surface area contributed by atoms with E-state index in [9.17, 15) is 9.59 Å². The molecule has 0 saturated heterocycles. The van der Waals surface area contributed by atoms with E-state index in [1.165, 1.54) is 6.42 Å². The molecule has 0 aliphatic carbocycles. The van der Waals surface area contributed by atoms with Gasteiger partial charge in [0.2, 0.25) is 0 Å². The SMILES string of the molecule is CC(C)CCOC(=O)C(C)(CCCCCCI)C(=O)OCCC(C)C. The van der Waals surface area contributed by atoms with Crippen molar-refractivity contribution in [3.05, 3.63) is 0 Å². The lowest BCUT2D eigenvalue weighted by molar-refractivity contribution is -0.172. The van der Waals surface area contributed by atoms with Gasteiger partial charge >= 0.3 is 11.9 Å². The average Bonchev–Trinajstić information content (AvgIpc) is 2.53. The van der Waals surface area contributed by atoms with Crippen molar-refractivity contribution >= 4 is 34.5 Å². The van der Waals surface area contributed by atoms with Crippen molar-refractivity contribution in [1.29, 1.82) is 0 Å². The summed E-state index contributed by atoms with van der Waals surface area (Å²) in [5, 5.41) is 0. The van der Waals surface area contributed by atoms with Crippen LogP contribution in [0.1, 0.15) is 79.6 Å². The number of ether oxygens (including phenoxy) is 2. The van der Waals surface area contributed by atoms with Crippen LogP contribution >= 0.6 is 22.6 Å². The normalized spacial score (nSPS) is 11.8. The van der Waals surface area contributed by atoms with E-state index >= 15 is 0 Å². The lowest BCUT2D eigenvalue weighted by atomic mass is 9.84. The molecule has 0 aliphatic rings. The van der Waals surface area contributed by atoms with Crippen molar-refractivity contribution in [2.24, 2.45) is 17.3 Å². The molecule has 25 heavy (non-hydrogen) atoms. The van der Waals surface area contributed by atoms with Crippen LogP contribution in [0.4, 0.5) is 0 Å². The summed E-state index contributed by atoms with van der Waals surface area (Å²) in [7, 11) is 0. The fraction of sp³-hybridized carbons (Fsp3) is 0.900. The van der Waals surface area contributed by atoms with Crippen LogP contribution < -0.4 is 0 Å². The molecule has 0 fully saturated rings. The molecule has 0 aliphatic heterocycles. The average molecular weight is 468 g/mol. The van der Waals surface area contributed by atoms with E-state index in [0.717, 1.165) is 36.5 Å². The molecule has 5 heteroatoms. The van der Waals surface area contributed by atoms with Gasteiger partial charge in [0, 0.05) is 0 Å². The van der Waals surface area contributed by atoms with Gasteiger partial charge < -0.3 is 9.47 Å². The number of hydrogen-bond donors (Lipinski definition) is 0. The van der Waals surface area contributed by atoms with Crippen molar-refractivity contribution < 1.29 is 19.1 Å². The number of carbonyl (C=O) groups excluding carboxylic acids is 2. The van der Waals surface area contributed by atoms with Crippen LogP contribution in [-0.2, 0) is 19.1 Å². The van der Waals surface area contributed by atoms with Gasteiger partial charge in [-0.2, -0.15) is 0 Å². The van der Waals surface area contributed by atoms with Crippen molar-refractivity contribution in [2.75, 3.05) is 17.6 Å². The highest BCUT2D eigenvalue weighted by molar-refractivity contribution is 14.1. The van der Waals surface area contributed by atoms with Crippen LogP contribution in [0, 0.1) is 17.3 Å². The molecule has 0 unspecified atom stereocenters. The van der Waals surface area contributed by atoms with Gasteiger partial charge in [-0.15, -0.1) is 0 Å². The second-order valence-electron chi connectivity index (χ2n) is 7.82. The molecule has 0 saturated carbocycles. The van der Waals surface area contributed by atoms with Gasteiger partial charge in [0.05, 0.1) is 13.2 Å². The monoisotopic (exact) mass is 468 g/mol. The van der Waals surface area contributed by atoms with E-state index < -0.39 is 17.4 Å². The highest BCUT2D eigenvalue weighted by Crippen LogP contribution is 2.29. The fourth-order valence-electron chi connectivity index (χ4n) is 2.31. The Labute approximate surface area is 167 Å². The van der Waals surface area contributed by atoms with E-state index in [0.29, 0.717) is 31.5 Å². The minimum Gasteiger partial charge on any atom is -0.465 e. The van der Waals surface area contributed by atoms with Gasteiger partial charge in [0.1, 0.15) is 0 Å². The molecule has 0 aromatic heterocycles. The Balaban J connectivity index is 4.70. The molecule has 0 aromatic rings. The van der Waals surface area contributed by atoms with Gasteiger partial charge in [-0.3, -0.25) is 9.59 Å². The third kappa shape index (κ3) is 11.1. The van der Waals surface area contributed by atoms with E-state index in [4.69, 9.17) is 9.47 Å². The Morgan fingerprint density at radius 2 is 1.28 bits per heavy atom. The minimum absolute atomic E-state index is 0.361. The van der Waals surface area contributed by atoms with Crippen LogP contribution in [0.3, 0.4) is 0 Å². The molecular formula is C20H37IO4. The maximum atomic E-state index is 12.6. The van der Waals surface area contributed by atoms with E-state index in [1.54, 1.807) is 6.92 Å². The molecule has 148 valence electrons. The number of halogens is 1. The molecule has 0 atom stereocenters. The summed E-state index contributed by atoms with van der Waals surface area (Å²) in [6.07, 6.45) is 6.27. The second-order valence-corrected chi connectivity index (χ2v) is 8.90. The standard InChI is InChI=1S/C20H37IO4/c1-16(2)10-14-24-18(22)20(5,12-8-6-7-9-13-21)19(23)25-15-11-17(3)4/h16-17H,6-15H2,1-5H3. The largest absolute Gasteiger partial charge is 0.465 e. The summed E-state index contributed by atoms with van der Waals surface area (Å²) in [6, 6.07) is 0. The summed E-state index contributed by atoms with van der Waals surface area (Å²) >= 11 is 2.37. The molecular weight excluding hydrogens is 431 g/mol. The number of carbonyl (C=O) groups is 2.